The third-order valence-corrected chi connectivity index (χ3v) is 1.96. The molecule has 2 rings (SSSR count). The van der Waals surface area contributed by atoms with Gasteiger partial charge in [0.1, 0.15) is 6.33 Å². The highest BCUT2D eigenvalue weighted by molar-refractivity contribution is 5.59. The number of rotatable bonds is 1. The van der Waals surface area contributed by atoms with Crippen LogP contribution in [-0.2, 0) is 4.84 Å². The molecule has 0 atom stereocenters. The molecule has 0 saturated carbocycles. The van der Waals surface area contributed by atoms with Crippen LogP contribution in [0.2, 0.25) is 0 Å². The Labute approximate surface area is 76.5 Å². The molecule has 1 aromatic heterocycles. The van der Waals surface area contributed by atoms with E-state index in [0.29, 0.717) is 11.5 Å². The molecule has 1 aromatic rings. The fraction of sp³-hybridized carbons (Fsp3) is 0.500. The Morgan fingerprint density at radius 3 is 3.08 bits per heavy atom. The number of hydrogen-bond donors (Lipinski definition) is 1. The molecule has 0 aromatic carbocycles. The van der Waals surface area contributed by atoms with Crippen LogP contribution in [0, 0.1) is 0 Å². The molecule has 0 spiro atoms. The van der Waals surface area contributed by atoms with Crippen molar-refractivity contribution in [2.45, 2.75) is 12.8 Å². The number of nitrogens with two attached hydrogens (primary N) is 1. The van der Waals surface area contributed by atoms with Crippen molar-refractivity contribution in [1.29, 1.82) is 0 Å². The fourth-order valence-corrected chi connectivity index (χ4v) is 1.31. The Kier molecular flexibility index (Phi) is 2.27. The molecular weight excluding hydrogens is 168 g/mol. The number of nitrogens with zero attached hydrogens (tertiary/aromatic N) is 3. The molecule has 2 N–H and O–H groups in total. The highest BCUT2D eigenvalue weighted by Gasteiger charge is 2.15. The Hall–Kier alpha value is -1.36. The van der Waals surface area contributed by atoms with Gasteiger partial charge in [-0.2, -0.15) is 0 Å². The minimum Gasteiger partial charge on any atom is -0.394 e. The molecule has 0 radical (unpaired) electrons. The standard InChI is InChI=1S/C8H12N4O/c9-7-5-10-6-11-8(7)12-3-1-2-4-13-12/h5-6H,1-4,9H2. The third kappa shape index (κ3) is 1.70. The molecule has 1 aliphatic rings. The zero-order valence-corrected chi connectivity index (χ0v) is 7.31. The number of hydroxylamine groups is 1. The van der Waals surface area contributed by atoms with E-state index in [4.69, 9.17) is 10.6 Å². The molecule has 13 heavy (non-hydrogen) atoms. The van der Waals surface area contributed by atoms with Gasteiger partial charge < -0.3 is 5.73 Å². The summed E-state index contributed by atoms with van der Waals surface area (Å²) in [6.45, 7) is 1.59. The molecule has 1 fully saturated rings. The average Bonchev–Trinajstić information content (AvgIpc) is 2.20. The lowest BCUT2D eigenvalue weighted by atomic mass is 10.3. The van der Waals surface area contributed by atoms with E-state index in [-0.39, 0.29) is 0 Å². The molecule has 0 unspecified atom stereocenters. The highest BCUT2D eigenvalue weighted by Crippen LogP contribution is 2.21. The largest absolute Gasteiger partial charge is 0.394 e. The summed E-state index contributed by atoms with van der Waals surface area (Å²) in [5, 5.41) is 1.74. The van der Waals surface area contributed by atoms with Gasteiger partial charge in [-0.25, -0.2) is 15.0 Å². The maximum absolute atomic E-state index is 5.70. The second-order valence-electron chi connectivity index (χ2n) is 2.94. The molecule has 5 heteroatoms. The molecule has 2 heterocycles. The van der Waals surface area contributed by atoms with Gasteiger partial charge in [-0.05, 0) is 12.8 Å². The van der Waals surface area contributed by atoms with Crippen LogP contribution in [0.25, 0.3) is 0 Å². The maximum Gasteiger partial charge on any atom is 0.178 e. The zero-order chi connectivity index (χ0) is 9.10. The van der Waals surface area contributed by atoms with Crippen molar-refractivity contribution in [2.75, 3.05) is 23.9 Å². The lowest BCUT2D eigenvalue weighted by molar-refractivity contribution is 0.0764. The monoisotopic (exact) mass is 180 g/mol. The summed E-state index contributed by atoms with van der Waals surface area (Å²) in [4.78, 5) is 13.3. The van der Waals surface area contributed by atoms with Gasteiger partial charge in [0.25, 0.3) is 0 Å². The van der Waals surface area contributed by atoms with Gasteiger partial charge >= 0.3 is 0 Å². The molecule has 5 nitrogen and oxygen atoms in total. The van der Waals surface area contributed by atoms with Gasteiger partial charge in [0.15, 0.2) is 5.82 Å². The lowest BCUT2D eigenvalue weighted by Gasteiger charge is -2.27. The van der Waals surface area contributed by atoms with Crippen LogP contribution in [0.5, 0.6) is 0 Å². The summed E-state index contributed by atoms with van der Waals surface area (Å²) >= 11 is 0. The predicted molar refractivity (Wildman–Crippen MR) is 49.0 cm³/mol. The van der Waals surface area contributed by atoms with Crippen LogP contribution < -0.4 is 10.8 Å². The van der Waals surface area contributed by atoms with Crippen LogP contribution in [0.1, 0.15) is 12.8 Å². The van der Waals surface area contributed by atoms with Gasteiger partial charge in [0, 0.05) is 6.54 Å². The normalized spacial score (nSPS) is 17.4. The number of nitrogen functional groups attached to an aromatic ring is 1. The molecule has 1 aliphatic heterocycles. The molecule has 0 bridgehead atoms. The van der Waals surface area contributed by atoms with Crippen molar-refractivity contribution in [1.82, 2.24) is 9.97 Å². The lowest BCUT2D eigenvalue weighted by Crippen LogP contribution is -2.31. The summed E-state index contributed by atoms with van der Waals surface area (Å²) in [5.41, 5.74) is 6.26. The van der Waals surface area contributed by atoms with Gasteiger partial charge in [-0.1, -0.05) is 0 Å². The Morgan fingerprint density at radius 2 is 2.38 bits per heavy atom. The third-order valence-electron chi connectivity index (χ3n) is 1.96. The van der Waals surface area contributed by atoms with Gasteiger partial charge in [-0.15, -0.1) is 0 Å². The van der Waals surface area contributed by atoms with Crippen molar-refractivity contribution in [3.05, 3.63) is 12.5 Å². The first-order valence-corrected chi connectivity index (χ1v) is 4.34. The molecular formula is C8H12N4O. The van der Waals surface area contributed by atoms with E-state index in [9.17, 15) is 0 Å². The van der Waals surface area contributed by atoms with Gasteiger partial charge in [0.05, 0.1) is 18.5 Å². The van der Waals surface area contributed by atoms with Gasteiger partial charge in [-0.3, -0.25) is 4.84 Å². The van der Waals surface area contributed by atoms with Crippen molar-refractivity contribution in [2.24, 2.45) is 0 Å². The number of anilines is 2. The highest BCUT2D eigenvalue weighted by atomic mass is 16.7. The minimum absolute atomic E-state index is 0.560. The van der Waals surface area contributed by atoms with Crippen LogP contribution in [-0.4, -0.2) is 23.1 Å². The van der Waals surface area contributed by atoms with Crippen molar-refractivity contribution < 1.29 is 4.84 Å². The molecule has 70 valence electrons. The Morgan fingerprint density at radius 1 is 1.46 bits per heavy atom. The van der Waals surface area contributed by atoms with E-state index < -0.39 is 0 Å². The quantitative estimate of drug-likeness (QED) is 0.685. The first-order valence-electron chi connectivity index (χ1n) is 4.34. The van der Waals surface area contributed by atoms with Gasteiger partial charge in [0.2, 0.25) is 0 Å². The number of aromatic nitrogens is 2. The summed E-state index contributed by atoms with van der Waals surface area (Å²) in [7, 11) is 0. The van der Waals surface area contributed by atoms with E-state index in [2.05, 4.69) is 9.97 Å². The smallest absolute Gasteiger partial charge is 0.178 e. The van der Waals surface area contributed by atoms with E-state index in [1.165, 1.54) is 6.33 Å². The zero-order valence-electron chi connectivity index (χ0n) is 7.31. The minimum atomic E-state index is 0.560. The van der Waals surface area contributed by atoms with Crippen LogP contribution in [0.4, 0.5) is 11.5 Å². The first-order chi connectivity index (χ1) is 6.38. The number of hydrogen-bond acceptors (Lipinski definition) is 5. The van der Waals surface area contributed by atoms with E-state index in [1.54, 1.807) is 11.3 Å². The second-order valence-corrected chi connectivity index (χ2v) is 2.94. The van der Waals surface area contributed by atoms with Crippen molar-refractivity contribution in [3.8, 4) is 0 Å². The molecule has 0 amide bonds. The second kappa shape index (κ2) is 3.57. The maximum atomic E-state index is 5.70. The van der Waals surface area contributed by atoms with Crippen molar-refractivity contribution in [3.63, 3.8) is 0 Å². The van der Waals surface area contributed by atoms with E-state index in [1.807, 2.05) is 0 Å². The van der Waals surface area contributed by atoms with Crippen LogP contribution >= 0.6 is 0 Å². The predicted octanol–water partition coefficient (Wildman–Crippen LogP) is 0.591. The SMILES string of the molecule is Nc1cncnc1N1CCCCO1. The Bertz CT molecular complexity index is 285. The van der Waals surface area contributed by atoms with E-state index >= 15 is 0 Å². The van der Waals surface area contributed by atoms with E-state index in [0.717, 1.165) is 26.0 Å². The molecule has 0 aliphatic carbocycles. The Balaban J connectivity index is 2.18. The van der Waals surface area contributed by atoms with Crippen LogP contribution in [0.3, 0.4) is 0 Å². The average molecular weight is 180 g/mol. The van der Waals surface area contributed by atoms with Crippen molar-refractivity contribution >= 4 is 11.5 Å². The summed E-state index contributed by atoms with van der Waals surface area (Å²) in [6.07, 6.45) is 5.27. The molecule has 1 saturated heterocycles. The first kappa shape index (κ1) is 8.25. The summed E-state index contributed by atoms with van der Waals surface area (Å²) in [5.74, 6) is 0.676. The summed E-state index contributed by atoms with van der Waals surface area (Å²) in [6, 6.07) is 0. The topological polar surface area (TPSA) is 64.3 Å². The fourth-order valence-electron chi connectivity index (χ4n) is 1.31. The summed E-state index contributed by atoms with van der Waals surface area (Å²) < 4.78 is 0. The van der Waals surface area contributed by atoms with Crippen LogP contribution in [0.15, 0.2) is 12.5 Å².